The van der Waals surface area contributed by atoms with Gasteiger partial charge in [0.25, 0.3) is 0 Å². The van der Waals surface area contributed by atoms with Gasteiger partial charge in [-0.15, -0.1) is 0 Å². The van der Waals surface area contributed by atoms with Crippen LogP contribution in [-0.2, 0) is 0 Å². The maximum absolute atomic E-state index is 8.37. The molecule has 0 heterocycles. The van der Waals surface area contributed by atoms with E-state index in [2.05, 4.69) is 19.9 Å². The number of allylic oxidation sites excluding steroid dienone is 3. The van der Waals surface area contributed by atoms with Crippen LogP contribution in [0.1, 0.15) is 26.7 Å². The lowest BCUT2D eigenvalue weighted by molar-refractivity contribution is 0.342. The van der Waals surface area contributed by atoms with Gasteiger partial charge in [0.05, 0.1) is 6.61 Å². The fourth-order valence-electron chi connectivity index (χ4n) is 0.661. The minimum Gasteiger partial charge on any atom is -0.392 e. The van der Waals surface area contributed by atoms with Crippen LogP contribution in [0.2, 0.25) is 0 Å². The summed E-state index contributed by atoms with van der Waals surface area (Å²) in [5.74, 6) is 0. The molecule has 10 heavy (non-hydrogen) atoms. The molecule has 0 saturated heterocycles. The lowest BCUT2D eigenvalue weighted by atomic mass is 10.2. The van der Waals surface area contributed by atoms with Crippen molar-refractivity contribution in [2.24, 2.45) is 0 Å². The van der Waals surface area contributed by atoms with Crippen LogP contribution in [0, 0.1) is 0 Å². The van der Waals surface area contributed by atoms with Crippen LogP contribution in [0.4, 0.5) is 0 Å². The second-order valence-electron chi connectivity index (χ2n) is 2.51. The summed E-state index contributed by atoms with van der Waals surface area (Å²) in [5.41, 5.74) is 1.36. The van der Waals surface area contributed by atoms with Crippen LogP contribution >= 0.6 is 0 Å². The van der Waals surface area contributed by atoms with Crippen molar-refractivity contribution >= 4 is 0 Å². The summed E-state index contributed by atoms with van der Waals surface area (Å²) in [6.45, 7) is 4.35. The third kappa shape index (κ3) is 7.44. The fourth-order valence-corrected chi connectivity index (χ4v) is 0.661. The predicted molar refractivity (Wildman–Crippen MR) is 44.9 cm³/mol. The molecule has 0 rings (SSSR count). The highest BCUT2D eigenvalue weighted by atomic mass is 16.2. The zero-order valence-corrected chi connectivity index (χ0v) is 6.80. The fraction of sp³-hybridized carbons (Fsp3) is 0.556. The molecule has 0 atom stereocenters. The molecule has 0 saturated carbocycles. The van der Waals surface area contributed by atoms with E-state index in [-0.39, 0.29) is 6.61 Å². The average Bonchev–Trinajstić information content (AvgIpc) is 1.87. The summed E-state index contributed by atoms with van der Waals surface area (Å²) in [7, 11) is 0. The zero-order chi connectivity index (χ0) is 7.82. The van der Waals surface area contributed by atoms with Crippen molar-refractivity contribution < 1.29 is 5.11 Å². The van der Waals surface area contributed by atoms with Gasteiger partial charge in [-0.05, 0) is 26.7 Å². The van der Waals surface area contributed by atoms with Gasteiger partial charge < -0.3 is 5.11 Å². The highest BCUT2D eigenvalue weighted by Crippen LogP contribution is 1.97. The third-order valence-electron chi connectivity index (χ3n) is 1.16. The number of unbranched alkanes of at least 4 members (excludes halogenated alkanes) is 1. The standard InChI is InChI=1S/C9H16O/c1-9(2)7-5-3-4-6-8-10/h4,6-7,10H,3,5,8H2,1-2H3. The summed E-state index contributed by atoms with van der Waals surface area (Å²) in [5, 5.41) is 8.37. The van der Waals surface area contributed by atoms with Crippen molar-refractivity contribution in [1.82, 2.24) is 0 Å². The molecular weight excluding hydrogens is 124 g/mol. The first-order chi connectivity index (χ1) is 4.77. The molecule has 58 valence electrons. The van der Waals surface area contributed by atoms with E-state index in [4.69, 9.17) is 5.11 Å². The first kappa shape index (κ1) is 9.44. The van der Waals surface area contributed by atoms with Crippen LogP contribution in [0.15, 0.2) is 23.8 Å². The summed E-state index contributed by atoms with van der Waals surface area (Å²) in [6, 6.07) is 0. The molecule has 0 aliphatic heterocycles. The van der Waals surface area contributed by atoms with Gasteiger partial charge in [-0.25, -0.2) is 0 Å². The first-order valence-corrected chi connectivity index (χ1v) is 3.66. The van der Waals surface area contributed by atoms with E-state index < -0.39 is 0 Å². The lowest BCUT2D eigenvalue weighted by Gasteiger charge is -1.88. The molecule has 1 heteroatoms. The van der Waals surface area contributed by atoms with Crippen LogP contribution in [-0.4, -0.2) is 11.7 Å². The summed E-state index contributed by atoms with van der Waals surface area (Å²) in [4.78, 5) is 0. The highest BCUT2D eigenvalue weighted by Gasteiger charge is 1.77. The van der Waals surface area contributed by atoms with Gasteiger partial charge >= 0.3 is 0 Å². The van der Waals surface area contributed by atoms with Crippen molar-refractivity contribution in [2.75, 3.05) is 6.61 Å². The van der Waals surface area contributed by atoms with Crippen molar-refractivity contribution in [2.45, 2.75) is 26.7 Å². The second-order valence-corrected chi connectivity index (χ2v) is 2.51. The zero-order valence-electron chi connectivity index (χ0n) is 6.80. The minimum atomic E-state index is 0.162. The van der Waals surface area contributed by atoms with Crippen molar-refractivity contribution in [1.29, 1.82) is 0 Å². The molecule has 0 aliphatic carbocycles. The van der Waals surface area contributed by atoms with Crippen LogP contribution in [0.25, 0.3) is 0 Å². The number of aliphatic hydroxyl groups is 1. The Labute approximate surface area is 63.1 Å². The van der Waals surface area contributed by atoms with Crippen molar-refractivity contribution in [3.05, 3.63) is 23.8 Å². The Morgan fingerprint density at radius 2 is 1.90 bits per heavy atom. The maximum atomic E-state index is 8.37. The molecule has 0 fully saturated rings. The summed E-state index contributed by atoms with van der Waals surface area (Å²) in [6.07, 6.45) is 8.09. The van der Waals surface area contributed by atoms with Crippen LogP contribution in [0.3, 0.4) is 0 Å². The Morgan fingerprint density at radius 1 is 1.20 bits per heavy atom. The third-order valence-corrected chi connectivity index (χ3v) is 1.16. The predicted octanol–water partition coefficient (Wildman–Crippen LogP) is 2.28. The van der Waals surface area contributed by atoms with Gasteiger partial charge in [-0.3, -0.25) is 0 Å². The van der Waals surface area contributed by atoms with Gasteiger partial charge in [-0.2, -0.15) is 0 Å². The molecule has 0 amide bonds. The second kappa shape index (κ2) is 6.56. The molecule has 1 N–H and O–H groups in total. The van der Waals surface area contributed by atoms with E-state index in [1.165, 1.54) is 5.57 Å². The van der Waals surface area contributed by atoms with Crippen LogP contribution < -0.4 is 0 Å². The lowest BCUT2D eigenvalue weighted by Crippen LogP contribution is -1.72. The molecule has 0 bridgehead atoms. The van der Waals surface area contributed by atoms with Crippen molar-refractivity contribution in [3.63, 3.8) is 0 Å². The normalized spacial score (nSPS) is 10.3. The van der Waals surface area contributed by atoms with E-state index >= 15 is 0 Å². The van der Waals surface area contributed by atoms with E-state index in [0.29, 0.717) is 0 Å². The molecular formula is C9H16O. The Morgan fingerprint density at radius 3 is 2.40 bits per heavy atom. The molecule has 0 aromatic rings. The summed E-state index contributed by atoms with van der Waals surface area (Å²) < 4.78 is 0. The Balaban J connectivity index is 3.21. The minimum absolute atomic E-state index is 0.162. The van der Waals surface area contributed by atoms with E-state index in [0.717, 1.165) is 12.8 Å². The monoisotopic (exact) mass is 140 g/mol. The molecule has 0 aromatic carbocycles. The average molecular weight is 140 g/mol. The molecule has 0 spiro atoms. The quantitative estimate of drug-likeness (QED) is 0.469. The van der Waals surface area contributed by atoms with Gasteiger partial charge in [0.15, 0.2) is 0 Å². The van der Waals surface area contributed by atoms with Crippen molar-refractivity contribution in [3.8, 4) is 0 Å². The van der Waals surface area contributed by atoms with Gasteiger partial charge in [0.2, 0.25) is 0 Å². The van der Waals surface area contributed by atoms with Gasteiger partial charge in [0.1, 0.15) is 0 Å². The van der Waals surface area contributed by atoms with E-state index in [1.807, 2.05) is 6.08 Å². The molecule has 0 radical (unpaired) electrons. The Hall–Kier alpha value is -0.560. The number of aliphatic hydroxyl groups excluding tert-OH is 1. The number of hydrogen-bond acceptors (Lipinski definition) is 1. The van der Waals surface area contributed by atoms with E-state index in [1.54, 1.807) is 6.08 Å². The van der Waals surface area contributed by atoms with E-state index in [9.17, 15) is 0 Å². The molecule has 1 nitrogen and oxygen atoms in total. The van der Waals surface area contributed by atoms with Gasteiger partial charge in [0, 0.05) is 0 Å². The first-order valence-electron chi connectivity index (χ1n) is 3.66. The SMILES string of the molecule is CC(C)=CCCC=CCO. The van der Waals surface area contributed by atoms with Crippen LogP contribution in [0.5, 0.6) is 0 Å². The summed E-state index contributed by atoms with van der Waals surface area (Å²) >= 11 is 0. The smallest absolute Gasteiger partial charge is 0.0612 e. The highest BCUT2D eigenvalue weighted by molar-refractivity contribution is 4.94. The number of rotatable bonds is 4. The molecule has 0 unspecified atom stereocenters. The van der Waals surface area contributed by atoms with Gasteiger partial charge in [-0.1, -0.05) is 23.8 Å². The number of hydrogen-bond donors (Lipinski definition) is 1. The molecule has 0 aromatic heterocycles. The Bertz CT molecular complexity index is 119. The maximum Gasteiger partial charge on any atom is 0.0612 e. The molecule has 0 aliphatic rings. The largest absolute Gasteiger partial charge is 0.392 e. The Kier molecular flexibility index (Phi) is 6.19. The topological polar surface area (TPSA) is 20.2 Å².